The molecule has 6 nitrogen and oxygen atoms in total. The van der Waals surface area contributed by atoms with E-state index < -0.39 is 11.9 Å². The Morgan fingerprint density at radius 2 is 1.65 bits per heavy atom. The number of carboxylic acid groups (broad SMARTS) is 2. The molecule has 0 aromatic heterocycles. The molecule has 1 aliphatic heterocycles. The summed E-state index contributed by atoms with van der Waals surface area (Å²) < 4.78 is 0.774. The van der Waals surface area contributed by atoms with E-state index >= 15 is 0 Å². The van der Waals surface area contributed by atoms with E-state index in [9.17, 15) is 9.59 Å². The highest BCUT2D eigenvalue weighted by atomic mass is 16.4. The third-order valence-electron chi connectivity index (χ3n) is 3.42. The average Bonchev–Trinajstić information content (AvgIpc) is 2.26. The standard InChI is InChI=1S/C11H20N2O4/c1-13(7-3-11(16)17)8-5-12(6-9-13)4-2-10(14)15/h2-9H2,1H3,(H-,14,15,16,17)/p+1. The van der Waals surface area contributed by atoms with Gasteiger partial charge in [-0.25, -0.2) is 0 Å². The van der Waals surface area contributed by atoms with Crippen molar-refractivity contribution in [1.82, 2.24) is 4.90 Å². The van der Waals surface area contributed by atoms with Crippen LogP contribution in [0.25, 0.3) is 0 Å². The van der Waals surface area contributed by atoms with Gasteiger partial charge >= 0.3 is 11.9 Å². The first kappa shape index (κ1) is 13.9. The topological polar surface area (TPSA) is 77.8 Å². The second-order valence-corrected chi connectivity index (χ2v) is 4.92. The molecule has 0 radical (unpaired) electrons. The molecule has 0 aromatic rings. The van der Waals surface area contributed by atoms with Crippen LogP contribution >= 0.6 is 0 Å². The van der Waals surface area contributed by atoms with E-state index in [0.717, 1.165) is 30.7 Å². The molecule has 0 atom stereocenters. The van der Waals surface area contributed by atoms with Crippen LogP contribution in [0.3, 0.4) is 0 Å². The Kier molecular flexibility index (Phi) is 4.89. The molecule has 6 heteroatoms. The number of piperazine rings is 1. The van der Waals surface area contributed by atoms with Crippen LogP contribution in [0.4, 0.5) is 0 Å². The third-order valence-corrected chi connectivity index (χ3v) is 3.42. The molecule has 0 saturated carbocycles. The van der Waals surface area contributed by atoms with Crippen molar-refractivity contribution in [1.29, 1.82) is 0 Å². The maximum atomic E-state index is 10.5. The summed E-state index contributed by atoms with van der Waals surface area (Å²) in [5.41, 5.74) is 0. The zero-order valence-electron chi connectivity index (χ0n) is 10.3. The average molecular weight is 245 g/mol. The van der Waals surface area contributed by atoms with E-state index in [-0.39, 0.29) is 12.8 Å². The second kappa shape index (κ2) is 5.97. The Hall–Kier alpha value is -1.14. The lowest BCUT2D eigenvalue weighted by molar-refractivity contribution is -0.913. The summed E-state index contributed by atoms with van der Waals surface area (Å²) >= 11 is 0. The molecule has 0 amide bonds. The molecule has 1 saturated heterocycles. The van der Waals surface area contributed by atoms with Gasteiger partial charge in [0.2, 0.25) is 0 Å². The number of hydrogen-bond acceptors (Lipinski definition) is 3. The summed E-state index contributed by atoms with van der Waals surface area (Å²) in [6.07, 6.45) is 0.379. The first-order valence-corrected chi connectivity index (χ1v) is 5.91. The summed E-state index contributed by atoms with van der Waals surface area (Å²) in [7, 11) is 2.07. The van der Waals surface area contributed by atoms with E-state index in [2.05, 4.69) is 11.9 Å². The van der Waals surface area contributed by atoms with Crippen molar-refractivity contribution in [2.45, 2.75) is 12.8 Å². The van der Waals surface area contributed by atoms with Gasteiger partial charge in [-0.15, -0.1) is 0 Å². The summed E-state index contributed by atoms with van der Waals surface area (Å²) in [6, 6.07) is 0. The maximum absolute atomic E-state index is 10.5. The molecule has 0 bridgehead atoms. The molecular weight excluding hydrogens is 224 g/mol. The molecule has 1 heterocycles. The lowest BCUT2D eigenvalue weighted by atomic mass is 10.2. The van der Waals surface area contributed by atoms with Crippen LogP contribution in [0, 0.1) is 0 Å². The molecule has 1 aliphatic rings. The zero-order chi connectivity index (χ0) is 12.9. The van der Waals surface area contributed by atoms with Crippen molar-refractivity contribution in [3.05, 3.63) is 0 Å². The van der Waals surface area contributed by atoms with Gasteiger partial charge in [-0.1, -0.05) is 0 Å². The second-order valence-electron chi connectivity index (χ2n) is 4.92. The number of carbonyl (C=O) groups is 2. The number of likely N-dealkylation sites (N-methyl/N-ethyl adjacent to an activating group) is 1. The van der Waals surface area contributed by atoms with Crippen molar-refractivity contribution in [2.75, 3.05) is 46.3 Å². The summed E-state index contributed by atoms with van der Waals surface area (Å²) in [5, 5.41) is 17.3. The Labute approximate surface area is 101 Å². The van der Waals surface area contributed by atoms with Crippen LogP contribution in [-0.2, 0) is 9.59 Å². The number of quaternary nitrogens is 1. The Morgan fingerprint density at radius 1 is 1.12 bits per heavy atom. The predicted molar refractivity (Wildman–Crippen MR) is 61.7 cm³/mol. The van der Waals surface area contributed by atoms with E-state index in [0.29, 0.717) is 13.1 Å². The molecule has 0 spiro atoms. The van der Waals surface area contributed by atoms with Gasteiger partial charge in [-0.3, -0.25) is 14.5 Å². The lowest BCUT2D eigenvalue weighted by Crippen LogP contribution is -2.57. The highest BCUT2D eigenvalue weighted by molar-refractivity contribution is 5.67. The fraction of sp³-hybridized carbons (Fsp3) is 0.818. The van der Waals surface area contributed by atoms with Crippen molar-refractivity contribution in [3.8, 4) is 0 Å². The fourth-order valence-electron chi connectivity index (χ4n) is 2.06. The summed E-state index contributed by atoms with van der Waals surface area (Å²) in [6.45, 7) is 4.74. The Morgan fingerprint density at radius 3 is 2.12 bits per heavy atom. The van der Waals surface area contributed by atoms with Crippen molar-refractivity contribution >= 4 is 11.9 Å². The highest BCUT2D eigenvalue weighted by Crippen LogP contribution is 2.11. The van der Waals surface area contributed by atoms with Crippen molar-refractivity contribution < 1.29 is 24.3 Å². The molecular formula is C11H21N2O4+. The molecule has 0 aliphatic carbocycles. The van der Waals surface area contributed by atoms with E-state index in [1.54, 1.807) is 0 Å². The number of hydrogen-bond donors (Lipinski definition) is 2. The van der Waals surface area contributed by atoms with Gasteiger partial charge in [0, 0.05) is 19.6 Å². The van der Waals surface area contributed by atoms with Gasteiger partial charge in [0.05, 0.1) is 39.5 Å². The van der Waals surface area contributed by atoms with E-state index in [4.69, 9.17) is 10.2 Å². The molecule has 1 rings (SSSR count). The van der Waals surface area contributed by atoms with Gasteiger partial charge < -0.3 is 14.7 Å². The van der Waals surface area contributed by atoms with Gasteiger partial charge in [0.1, 0.15) is 0 Å². The number of aliphatic carboxylic acids is 2. The van der Waals surface area contributed by atoms with Gasteiger partial charge in [-0.2, -0.15) is 0 Å². The smallest absolute Gasteiger partial charge is 0.309 e. The zero-order valence-corrected chi connectivity index (χ0v) is 10.3. The fourth-order valence-corrected chi connectivity index (χ4v) is 2.06. The SMILES string of the molecule is C[N+]1(CCC(=O)O)CCN(CCC(=O)O)CC1. The van der Waals surface area contributed by atoms with Crippen LogP contribution in [0.1, 0.15) is 12.8 Å². The number of rotatable bonds is 6. The highest BCUT2D eigenvalue weighted by Gasteiger charge is 2.28. The first-order valence-electron chi connectivity index (χ1n) is 5.91. The molecule has 1 fully saturated rings. The van der Waals surface area contributed by atoms with Gasteiger partial charge in [0.15, 0.2) is 0 Å². The normalized spacial score (nSPS) is 20.1. The number of nitrogens with zero attached hydrogens (tertiary/aromatic N) is 2. The van der Waals surface area contributed by atoms with Crippen molar-refractivity contribution in [2.24, 2.45) is 0 Å². The molecule has 98 valence electrons. The third kappa shape index (κ3) is 5.14. The minimum Gasteiger partial charge on any atom is -0.481 e. The predicted octanol–water partition coefficient (Wildman–Crippen LogP) is -0.302. The lowest BCUT2D eigenvalue weighted by Gasteiger charge is -2.41. The quantitative estimate of drug-likeness (QED) is 0.628. The summed E-state index contributed by atoms with van der Waals surface area (Å²) in [4.78, 5) is 23.1. The van der Waals surface area contributed by atoms with E-state index in [1.807, 2.05) is 0 Å². The van der Waals surface area contributed by atoms with Crippen LogP contribution in [0.15, 0.2) is 0 Å². The van der Waals surface area contributed by atoms with Gasteiger partial charge in [0.25, 0.3) is 0 Å². The minimum atomic E-state index is -0.765. The summed E-state index contributed by atoms with van der Waals surface area (Å²) in [5.74, 6) is -1.52. The van der Waals surface area contributed by atoms with Crippen LogP contribution < -0.4 is 0 Å². The molecule has 0 unspecified atom stereocenters. The van der Waals surface area contributed by atoms with Gasteiger partial charge in [-0.05, 0) is 0 Å². The number of carboxylic acids is 2. The molecule has 0 aromatic carbocycles. The Balaban J connectivity index is 2.28. The molecule has 2 N–H and O–H groups in total. The first-order chi connectivity index (χ1) is 7.91. The van der Waals surface area contributed by atoms with E-state index in [1.165, 1.54) is 0 Å². The van der Waals surface area contributed by atoms with Crippen molar-refractivity contribution in [3.63, 3.8) is 0 Å². The maximum Gasteiger partial charge on any atom is 0.309 e. The van der Waals surface area contributed by atoms with Crippen LogP contribution in [-0.4, -0.2) is 77.9 Å². The van der Waals surface area contributed by atoms with Crippen LogP contribution in [0.2, 0.25) is 0 Å². The molecule has 17 heavy (non-hydrogen) atoms. The monoisotopic (exact) mass is 245 g/mol. The van der Waals surface area contributed by atoms with Crippen LogP contribution in [0.5, 0.6) is 0 Å². The Bertz CT molecular complexity index is 285. The largest absolute Gasteiger partial charge is 0.481 e. The minimum absolute atomic E-state index is 0.179.